The molecule has 0 saturated carbocycles. The molecule has 0 amide bonds. The Balaban J connectivity index is 1.77. The summed E-state index contributed by atoms with van der Waals surface area (Å²) in [5.74, 6) is 0. The summed E-state index contributed by atoms with van der Waals surface area (Å²) in [6.07, 6.45) is 5.48. The lowest BCUT2D eigenvalue weighted by Crippen LogP contribution is -2.28. The smallest absolute Gasteiger partial charge is 0.0605 e. The van der Waals surface area contributed by atoms with E-state index in [0.29, 0.717) is 12.1 Å². The Morgan fingerprint density at radius 2 is 2.05 bits per heavy atom. The summed E-state index contributed by atoms with van der Waals surface area (Å²) < 4.78 is 1.12. The average molecular weight is 331 g/mol. The molecule has 0 radical (unpaired) electrons. The van der Waals surface area contributed by atoms with Gasteiger partial charge in [0.15, 0.2) is 0 Å². The molecule has 1 aromatic carbocycles. The zero-order chi connectivity index (χ0) is 13.9. The molecular weight excluding hydrogens is 312 g/mol. The summed E-state index contributed by atoms with van der Waals surface area (Å²) >= 11 is 3.48. The van der Waals surface area contributed by atoms with Gasteiger partial charge in [0, 0.05) is 16.7 Å². The van der Waals surface area contributed by atoms with Crippen molar-refractivity contribution >= 4 is 15.9 Å². The summed E-state index contributed by atoms with van der Waals surface area (Å²) in [6.45, 7) is 2.22. The van der Waals surface area contributed by atoms with Crippen LogP contribution < -0.4 is 5.32 Å². The number of aryl methyl sites for hydroxylation is 1. The van der Waals surface area contributed by atoms with Gasteiger partial charge in [-0.2, -0.15) is 0 Å². The van der Waals surface area contributed by atoms with Gasteiger partial charge in [-0.3, -0.25) is 4.98 Å². The van der Waals surface area contributed by atoms with E-state index in [0.717, 1.165) is 10.9 Å². The van der Waals surface area contributed by atoms with Crippen molar-refractivity contribution in [1.82, 2.24) is 10.3 Å². The maximum atomic E-state index is 4.59. The van der Waals surface area contributed by atoms with Crippen LogP contribution >= 0.6 is 15.9 Å². The maximum Gasteiger partial charge on any atom is 0.0605 e. The van der Waals surface area contributed by atoms with Crippen LogP contribution in [0, 0.1) is 0 Å². The molecule has 1 unspecified atom stereocenters. The Labute approximate surface area is 128 Å². The standard InChI is InChI=1S/C17H19BrN2/c1-12(13-7-9-15(18)10-8-13)20-16-6-2-4-14-5-3-11-19-17(14)16/h3,5,7-12,16,20H,2,4,6H2,1H3/t12-,16?/m0/s1. The van der Waals surface area contributed by atoms with Gasteiger partial charge in [-0.25, -0.2) is 0 Å². The maximum absolute atomic E-state index is 4.59. The fourth-order valence-corrected chi connectivity index (χ4v) is 3.19. The first-order chi connectivity index (χ1) is 9.74. The molecule has 0 aliphatic heterocycles. The van der Waals surface area contributed by atoms with Crippen molar-refractivity contribution in [2.75, 3.05) is 0 Å². The van der Waals surface area contributed by atoms with E-state index in [2.05, 4.69) is 63.5 Å². The largest absolute Gasteiger partial charge is 0.302 e. The number of nitrogens with one attached hydrogen (secondary N) is 1. The number of hydrogen-bond donors (Lipinski definition) is 1. The second kappa shape index (κ2) is 6.06. The molecule has 0 spiro atoms. The van der Waals surface area contributed by atoms with Gasteiger partial charge in [-0.1, -0.05) is 34.1 Å². The van der Waals surface area contributed by atoms with E-state index < -0.39 is 0 Å². The van der Waals surface area contributed by atoms with Crippen LogP contribution in [-0.4, -0.2) is 4.98 Å². The number of pyridine rings is 1. The molecule has 0 saturated heterocycles. The van der Waals surface area contributed by atoms with Crippen LogP contribution in [0.3, 0.4) is 0 Å². The summed E-state index contributed by atoms with van der Waals surface area (Å²) in [5.41, 5.74) is 3.96. The van der Waals surface area contributed by atoms with Gasteiger partial charge in [0.25, 0.3) is 0 Å². The van der Waals surface area contributed by atoms with Crippen LogP contribution in [0.2, 0.25) is 0 Å². The topological polar surface area (TPSA) is 24.9 Å². The summed E-state index contributed by atoms with van der Waals surface area (Å²) in [7, 11) is 0. The van der Waals surface area contributed by atoms with Crippen molar-refractivity contribution in [2.24, 2.45) is 0 Å². The van der Waals surface area contributed by atoms with Gasteiger partial charge in [0.05, 0.1) is 11.7 Å². The predicted molar refractivity (Wildman–Crippen MR) is 85.6 cm³/mol. The first-order valence-electron chi connectivity index (χ1n) is 7.19. The van der Waals surface area contributed by atoms with Gasteiger partial charge in [-0.05, 0) is 55.5 Å². The molecule has 1 N–H and O–H groups in total. The van der Waals surface area contributed by atoms with Gasteiger partial charge in [0.2, 0.25) is 0 Å². The minimum atomic E-state index is 0.334. The molecular formula is C17H19BrN2. The second-order valence-corrected chi connectivity index (χ2v) is 6.35. The highest BCUT2D eigenvalue weighted by atomic mass is 79.9. The normalized spacial score (nSPS) is 19.4. The van der Waals surface area contributed by atoms with E-state index in [1.54, 1.807) is 0 Å². The van der Waals surface area contributed by atoms with Crippen LogP contribution in [0.4, 0.5) is 0 Å². The average Bonchev–Trinajstić information content (AvgIpc) is 2.48. The van der Waals surface area contributed by atoms with E-state index in [9.17, 15) is 0 Å². The molecule has 2 aromatic rings. The SMILES string of the molecule is C[C@H](NC1CCCc2cccnc21)c1ccc(Br)cc1. The van der Waals surface area contributed by atoms with Crippen LogP contribution in [-0.2, 0) is 6.42 Å². The quantitative estimate of drug-likeness (QED) is 0.891. The van der Waals surface area contributed by atoms with Crippen molar-refractivity contribution < 1.29 is 0 Å². The molecule has 20 heavy (non-hydrogen) atoms. The summed E-state index contributed by atoms with van der Waals surface area (Å²) in [4.78, 5) is 4.59. The van der Waals surface area contributed by atoms with Crippen molar-refractivity contribution in [3.63, 3.8) is 0 Å². The Bertz CT molecular complexity index is 580. The Morgan fingerprint density at radius 3 is 2.85 bits per heavy atom. The molecule has 3 heteroatoms. The van der Waals surface area contributed by atoms with E-state index in [1.165, 1.54) is 29.7 Å². The molecule has 104 valence electrons. The lowest BCUT2D eigenvalue weighted by molar-refractivity contribution is 0.406. The number of fused-ring (bicyclic) bond motifs is 1. The number of nitrogens with zero attached hydrogens (tertiary/aromatic N) is 1. The zero-order valence-electron chi connectivity index (χ0n) is 11.6. The third-order valence-electron chi connectivity index (χ3n) is 4.02. The van der Waals surface area contributed by atoms with Gasteiger partial charge in [0.1, 0.15) is 0 Å². The molecule has 1 aliphatic carbocycles. The monoisotopic (exact) mass is 330 g/mol. The molecule has 0 fully saturated rings. The Kier molecular flexibility index (Phi) is 4.18. The molecule has 3 rings (SSSR count). The van der Waals surface area contributed by atoms with Crippen molar-refractivity contribution in [3.05, 3.63) is 63.9 Å². The number of hydrogen-bond acceptors (Lipinski definition) is 2. The van der Waals surface area contributed by atoms with Crippen LogP contribution in [0.25, 0.3) is 0 Å². The first-order valence-corrected chi connectivity index (χ1v) is 7.98. The number of halogens is 1. The highest BCUT2D eigenvalue weighted by Gasteiger charge is 2.22. The fourth-order valence-electron chi connectivity index (χ4n) is 2.92. The van der Waals surface area contributed by atoms with Crippen molar-refractivity contribution in [3.8, 4) is 0 Å². The highest BCUT2D eigenvalue weighted by molar-refractivity contribution is 9.10. The Morgan fingerprint density at radius 1 is 1.25 bits per heavy atom. The first kappa shape index (κ1) is 13.8. The highest BCUT2D eigenvalue weighted by Crippen LogP contribution is 2.30. The van der Waals surface area contributed by atoms with Gasteiger partial charge >= 0.3 is 0 Å². The van der Waals surface area contributed by atoms with Crippen molar-refractivity contribution in [1.29, 1.82) is 0 Å². The molecule has 2 atom stereocenters. The molecule has 2 nitrogen and oxygen atoms in total. The lowest BCUT2D eigenvalue weighted by Gasteiger charge is -2.28. The number of rotatable bonds is 3. The van der Waals surface area contributed by atoms with Gasteiger partial charge < -0.3 is 5.32 Å². The minimum Gasteiger partial charge on any atom is -0.302 e. The second-order valence-electron chi connectivity index (χ2n) is 5.43. The number of benzene rings is 1. The predicted octanol–water partition coefficient (Wildman–Crippen LogP) is 4.57. The third-order valence-corrected chi connectivity index (χ3v) is 4.54. The number of aromatic nitrogens is 1. The van der Waals surface area contributed by atoms with Crippen molar-refractivity contribution in [2.45, 2.75) is 38.3 Å². The lowest BCUT2D eigenvalue weighted by atomic mass is 9.91. The third kappa shape index (κ3) is 2.94. The zero-order valence-corrected chi connectivity index (χ0v) is 13.2. The van der Waals surface area contributed by atoms with Crippen LogP contribution in [0.15, 0.2) is 47.1 Å². The fraction of sp³-hybridized carbons (Fsp3) is 0.353. The molecule has 0 bridgehead atoms. The molecule has 1 heterocycles. The van der Waals surface area contributed by atoms with E-state index in [1.807, 2.05) is 12.3 Å². The van der Waals surface area contributed by atoms with E-state index in [4.69, 9.17) is 0 Å². The molecule has 1 aliphatic rings. The summed E-state index contributed by atoms with van der Waals surface area (Å²) in [5, 5.41) is 3.73. The van der Waals surface area contributed by atoms with E-state index in [-0.39, 0.29) is 0 Å². The van der Waals surface area contributed by atoms with Crippen LogP contribution in [0.1, 0.15) is 48.7 Å². The minimum absolute atomic E-state index is 0.334. The Hall–Kier alpha value is -1.19. The summed E-state index contributed by atoms with van der Waals surface area (Å²) in [6, 6.07) is 13.5. The molecule has 1 aromatic heterocycles. The van der Waals surface area contributed by atoms with Gasteiger partial charge in [-0.15, -0.1) is 0 Å². The van der Waals surface area contributed by atoms with E-state index >= 15 is 0 Å². The van der Waals surface area contributed by atoms with Crippen LogP contribution in [0.5, 0.6) is 0 Å².